The van der Waals surface area contributed by atoms with Crippen LogP contribution in [-0.2, 0) is 0 Å². The minimum atomic E-state index is -0.289. The highest BCUT2D eigenvalue weighted by molar-refractivity contribution is 5.57. The summed E-state index contributed by atoms with van der Waals surface area (Å²) in [6, 6.07) is 11.8. The predicted octanol–water partition coefficient (Wildman–Crippen LogP) is 3.23. The number of hydrogen-bond acceptors (Lipinski definition) is 5. The number of aromatic nitrogens is 1. The monoisotopic (exact) mass is 340 g/mol. The fraction of sp³-hybridized carbons (Fsp3) is 0.368. The highest BCUT2D eigenvalue weighted by Gasteiger charge is 2.22. The van der Waals surface area contributed by atoms with Crippen LogP contribution in [-0.4, -0.2) is 29.3 Å². The number of hydrogen-bond donors (Lipinski definition) is 2. The average Bonchev–Trinajstić information content (AvgIpc) is 2.62. The molecular weight excluding hydrogens is 319 g/mol. The van der Waals surface area contributed by atoms with Crippen molar-refractivity contribution in [2.45, 2.75) is 31.9 Å². The number of nitriles is 1. The Morgan fingerprint density at radius 1 is 1.32 bits per heavy atom. The van der Waals surface area contributed by atoms with Crippen LogP contribution >= 0.6 is 0 Å². The maximum absolute atomic E-state index is 13.8. The van der Waals surface area contributed by atoms with Gasteiger partial charge in [-0.05, 0) is 50.1 Å². The fourth-order valence-electron chi connectivity index (χ4n) is 3.14. The summed E-state index contributed by atoms with van der Waals surface area (Å²) in [6.07, 6.45) is 1.17. The maximum atomic E-state index is 13.8. The zero-order valence-electron chi connectivity index (χ0n) is 14.1. The number of pyridine rings is 1. The molecule has 0 amide bonds. The third-order valence-electron chi connectivity index (χ3n) is 4.49. The smallest absolute Gasteiger partial charge is 0.142 e. The molecule has 1 aromatic heterocycles. The van der Waals surface area contributed by atoms with E-state index >= 15 is 0 Å². The molecule has 1 unspecified atom stereocenters. The summed E-state index contributed by atoms with van der Waals surface area (Å²) in [4.78, 5) is 6.40. The molecule has 25 heavy (non-hydrogen) atoms. The van der Waals surface area contributed by atoms with Crippen molar-refractivity contribution in [3.63, 3.8) is 0 Å². The second-order valence-electron chi connectivity index (χ2n) is 6.31. The van der Waals surface area contributed by atoms with E-state index in [1.807, 2.05) is 13.0 Å². The van der Waals surface area contributed by atoms with E-state index in [1.165, 1.54) is 12.1 Å². The lowest BCUT2D eigenvalue weighted by Gasteiger charge is -2.34. The highest BCUT2D eigenvalue weighted by Crippen LogP contribution is 2.31. The van der Waals surface area contributed by atoms with Crippen LogP contribution in [0.2, 0.25) is 0 Å². The van der Waals surface area contributed by atoms with Crippen LogP contribution < -0.4 is 10.2 Å². The molecule has 1 atom stereocenters. The van der Waals surface area contributed by atoms with Crippen LogP contribution in [0.25, 0.3) is 0 Å². The largest absolute Gasteiger partial charge is 0.393 e. The summed E-state index contributed by atoms with van der Waals surface area (Å²) in [5, 5.41) is 21.9. The Labute approximate surface area is 146 Å². The van der Waals surface area contributed by atoms with E-state index in [0.29, 0.717) is 24.4 Å². The lowest BCUT2D eigenvalue weighted by molar-refractivity contribution is 0.145. The number of aliphatic hydroxyl groups excluding tert-OH is 1. The van der Waals surface area contributed by atoms with Crippen molar-refractivity contribution in [3.05, 3.63) is 53.5 Å². The van der Waals surface area contributed by atoms with Crippen molar-refractivity contribution >= 4 is 11.5 Å². The standard InChI is InChI=1S/C19H21FN4O/c1-13(22-19-4-2-3-15(12-21)23-19)17-11-14(20)5-6-18(17)24-9-7-16(25)8-10-24/h2-6,11,13,16,25H,7-10H2,1H3,(H,22,23). The molecule has 2 N–H and O–H groups in total. The summed E-state index contributed by atoms with van der Waals surface area (Å²) in [6.45, 7) is 3.43. The Bertz CT molecular complexity index is 781. The number of halogens is 1. The number of benzene rings is 1. The second-order valence-corrected chi connectivity index (χ2v) is 6.31. The average molecular weight is 340 g/mol. The van der Waals surface area contributed by atoms with Crippen molar-refractivity contribution in [3.8, 4) is 6.07 Å². The number of nitrogens with zero attached hydrogens (tertiary/aromatic N) is 3. The first-order chi connectivity index (χ1) is 12.1. The van der Waals surface area contributed by atoms with E-state index < -0.39 is 0 Å². The molecule has 5 nitrogen and oxygen atoms in total. The number of rotatable bonds is 4. The van der Waals surface area contributed by atoms with Gasteiger partial charge in [-0.3, -0.25) is 0 Å². The van der Waals surface area contributed by atoms with E-state index in [-0.39, 0.29) is 18.0 Å². The Hall–Kier alpha value is -2.65. The lowest BCUT2D eigenvalue weighted by atomic mass is 10.0. The van der Waals surface area contributed by atoms with Crippen molar-refractivity contribution in [1.29, 1.82) is 5.26 Å². The molecule has 2 heterocycles. The van der Waals surface area contributed by atoms with E-state index in [0.717, 1.165) is 24.3 Å². The molecule has 1 aromatic carbocycles. The van der Waals surface area contributed by atoms with Crippen LogP contribution in [0.3, 0.4) is 0 Å². The van der Waals surface area contributed by atoms with E-state index in [1.54, 1.807) is 24.3 Å². The Balaban J connectivity index is 1.84. The number of nitrogens with one attached hydrogen (secondary N) is 1. The minimum absolute atomic E-state index is 0.181. The highest BCUT2D eigenvalue weighted by atomic mass is 19.1. The van der Waals surface area contributed by atoms with Gasteiger partial charge in [0.05, 0.1) is 12.1 Å². The van der Waals surface area contributed by atoms with Crippen LogP contribution in [0.1, 0.15) is 37.1 Å². The van der Waals surface area contributed by atoms with Crippen molar-refractivity contribution in [2.24, 2.45) is 0 Å². The summed E-state index contributed by atoms with van der Waals surface area (Å²) in [7, 11) is 0. The van der Waals surface area contributed by atoms with Gasteiger partial charge in [0.15, 0.2) is 0 Å². The molecule has 0 bridgehead atoms. The Morgan fingerprint density at radius 3 is 2.80 bits per heavy atom. The van der Waals surface area contributed by atoms with Gasteiger partial charge in [-0.15, -0.1) is 0 Å². The van der Waals surface area contributed by atoms with Crippen LogP contribution in [0, 0.1) is 17.1 Å². The molecule has 0 saturated carbocycles. The maximum Gasteiger partial charge on any atom is 0.142 e. The van der Waals surface area contributed by atoms with Gasteiger partial charge in [0.2, 0.25) is 0 Å². The summed E-state index contributed by atoms with van der Waals surface area (Å²) < 4.78 is 13.8. The summed E-state index contributed by atoms with van der Waals surface area (Å²) in [5.41, 5.74) is 2.13. The fourth-order valence-corrected chi connectivity index (χ4v) is 3.14. The molecule has 0 radical (unpaired) electrons. The predicted molar refractivity (Wildman–Crippen MR) is 94.8 cm³/mol. The molecule has 3 rings (SSSR count). The zero-order valence-corrected chi connectivity index (χ0v) is 14.1. The first-order valence-corrected chi connectivity index (χ1v) is 8.43. The second kappa shape index (κ2) is 7.49. The number of aliphatic hydroxyl groups is 1. The quantitative estimate of drug-likeness (QED) is 0.894. The van der Waals surface area contributed by atoms with E-state index in [9.17, 15) is 9.50 Å². The minimum Gasteiger partial charge on any atom is -0.393 e. The topological polar surface area (TPSA) is 72.2 Å². The first kappa shape index (κ1) is 17.2. The molecule has 0 aliphatic carbocycles. The van der Waals surface area contributed by atoms with Crippen LogP contribution in [0.4, 0.5) is 15.9 Å². The van der Waals surface area contributed by atoms with Crippen molar-refractivity contribution < 1.29 is 9.50 Å². The molecule has 130 valence electrons. The van der Waals surface area contributed by atoms with Crippen LogP contribution in [0.5, 0.6) is 0 Å². The van der Waals surface area contributed by atoms with Gasteiger partial charge in [0, 0.05) is 24.3 Å². The van der Waals surface area contributed by atoms with Crippen molar-refractivity contribution in [1.82, 2.24) is 4.98 Å². The van der Waals surface area contributed by atoms with Gasteiger partial charge in [-0.25, -0.2) is 9.37 Å². The zero-order chi connectivity index (χ0) is 17.8. The summed E-state index contributed by atoms with van der Waals surface area (Å²) >= 11 is 0. The third kappa shape index (κ3) is 4.06. The van der Waals surface area contributed by atoms with Gasteiger partial charge in [0.1, 0.15) is 23.4 Å². The Morgan fingerprint density at radius 2 is 2.08 bits per heavy atom. The molecule has 1 fully saturated rings. The third-order valence-corrected chi connectivity index (χ3v) is 4.49. The molecule has 1 aliphatic heterocycles. The van der Waals surface area contributed by atoms with Gasteiger partial charge in [-0.1, -0.05) is 6.07 Å². The van der Waals surface area contributed by atoms with Crippen LogP contribution in [0.15, 0.2) is 36.4 Å². The van der Waals surface area contributed by atoms with E-state index in [2.05, 4.69) is 15.2 Å². The Kier molecular flexibility index (Phi) is 5.15. The summed E-state index contributed by atoms with van der Waals surface area (Å²) in [5.74, 6) is 0.291. The normalized spacial score (nSPS) is 16.3. The van der Waals surface area contributed by atoms with Gasteiger partial charge < -0.3 is 15.3 Å². The van der Waals surface area contributed by atoms with Gasteiger partial charge >= 0.3 is 0 Å². The van der Waals surface area contributed by atoms with Gasteiger partial charge in [-0.2, -0.15) is 5.26 Å². The molecule has 1 saturated heterocycles. The first-order valence-electron chi connectivity index (χ1n) is 8.43. The number of piperidine rings is 1. The molecule has 2 aromatic rings. The molecule has 1 aliphatic rings. The molecule has 6 heteroatoms. The molecular formula is C19H21FN4O. The molecule has 0 spiro atoms. The SMILES string of the molecule is CC(Nc1cccc(C#N)n1)c1cc(F)ccc1N1CCC(O)CC1. The van der Waals surface area contributed by atoms with E-state index in [4.69, 9.17) is 5.26 Å². The lowest BCUT2D eigenvalue weighted by Crippen LogP contribution is -2.36. The van der Waals surface area contributed by atoms with Crippen molar-refractivity contribution in [2.75, 3.05) is 23.3 Å². The van der Waals surface area contributed by atoms with Gasteiger partial charge in [0.25, 0.3) is 0 Å². The number of anilines is 2.